The Morgan fingerprint density at radius 1 is 1.23 bits per heavy atom. The Labute approximate surface area is 79.2 Å². The van der Waals surface area contributed by atoms with E-state index in [1.807, 2.05) is 0 Å². The van der Waals surface area contributed by atoms with Crippen molar-refractivity contribution in [2.45, 2.75) is 29.6 Å². The molecule has 5 atom stereocenters. The fourth-order valence-corrected chi connectivity index (χ4v) is 2.40. The molecule has 3 N–H and O–H groups in total. The van der Waals surface area contributed by atoms with Gasteiger partial charge in [-0.2, -0.15) is 11.8 Å². The van der Waals surface area contributed by atoms with Gasteiger partial charge in [0.25, 0.3) is 0 Å². The third kappa shape index (κ3) is 1.74. The van der Waals surface area contributed by atoms with E-state index < -0.39 is 29.6 Å². The van der Waals surface area contributed by atoms with Crippen LogP contribution in [-0.4, -0.2) is 51.2 Å². The third-order valence-electron chi connectivity index (χ3n) is 2.18. The molecule has 1 aliphatic rings. The van der Waals surface area contributed by atoms with E-state index in [1.54, 1.807) is 6.26 Å². The maximum Gasteiger partial charge on any atom is 0.107 e. The number of hydrogen-bond donors (Lipinski definition) is 3. The summed E-state index contributed by atoms with van der Waals surface area (Å²) < 4.78 is 0. The summed E-state index contributed by atoms with van der Waals surface area (Å²) in [7, 11) is 0. The van der Waals surface area contributed by atoms with Gasteiger partial charge in [-0.05, 0) is 11.8 Å². The van der Waals surface area contributed by atoms with Crippen LogP contribution < -0.4 is 0 Å². The summed E-state index contributed by atoms with van der Waals surface area (Å²) in [6.07, 6.45) is -1.73. The highest BCUT2D eigenvalue weighted by Crippen LogP contribution is 2.32. The van der Waals surface area contributed by atoms with Gasteiger partial charge in [-0.3, -0.25) is 0 Å². The molecule has 6 nitrogen and oxygen atoms in total. The molecular weight excluding hydrogens is 194 g/mol. The van der Waals surface area contributed by atoms with Crippen LogP contribution in [-0.2, 0) is 0 Å². The van der Waals surface area contributed by atoms with E-state index in [0.717, 1.165) is 0 Å². The lowest BCUT2D eigenvalue weighted by atomic mass is 10.2. The van der Waals surface area contributed by atoms with Gasteiger partial charge in [0.2, 0.25) is 0 Å². The lowest BCUT2D eigenvalue weighted by molar-refractivity contribution is -0.0198. The number of thioether (sulfide) groups is 1. The summed E-state index contributed by atoms with van der Waals surface area (Å²) in [6, 6.07) is -0.759. The number of azide groups is 1. The van der Waals surface area contributed by atoms with E-state index in [0.29, 0.717) is 0 Å². The van der Waals surface area contributed by atoms with Crippen molar-refractivity contribution in [1.29, 1.82) is 0 Å². The molecule has 0 saturated heterocycles. The van der Waals surface area contributed by atoms with Gasteiger partial charge in [0, 0.05) is 10.2 Å². The van der Waals surface area contributed by atoms with Crippen molar-refractivity contribution in [2.75, 3.05) is 6.26 Å². The third-order valence-corrected chi connectivity index (χ3v) is 3.28. The summed E-state index contributed by atoms with van der Waals surface area (Å²) >= 11 is 1.26. The van der Waals surface area contributed by atoms with Gasteiger partial charge in [-0.25, -0.2) is 0 Å². The maximum atomic E-state index is 9.41. The van der Waals surface area contributed by atoms with Crippen LogP contribution in [0.2, 0.25) is 0 Å². The number of rotatable bonds is 2. The molecule has 0 aromatic rings. The minimum absolute atomic E-state index is 0.444. The van der Waals surface area contributed by atoms with Crippen LogP contribution >= 0.6 is 11.8 Å². The molecule has 74 valence electrons. The smallest absolute Gasteiger partial charge is 0.107 e. The number of nitrogens with zero attached hydrogens (tertiary/aromatic N) is 3. The van der Waals surface area contributed by atoms with Gasteiger partial charge in [0.15, 0.2) is 0 Å². The lowest BCUT2D eigenvalue weighted by Gasteiger charge is -2.15. The van der Waals surface area contributed by atoms with Crippen molar-refractivity contribution in [1.82, 2.24) is 0 Å². The largest absolute Gasteiger partial charge is 0.390 e. The summed E-state index contributed by atoms with van der Waals surface area (Å²) in [4.78, 5) is 2.56. The van der Waals surface area contributed by atoms with E-state index in [2.05, 4.69) is 10.0 Å². The molecule has 0 bridgehead atoms. The topological polar surface area (TPSA) is 109 Å². The van der Waals surface area contributed by atoms with Gasteiger partial charge in [-0.15, -0.1) is 0 Å². The summed E-state index contributed by atoms with van der Waals surface area (Å²) in [5.41, 5.74) is 8.20. The molecule has 0 spiro atoms. The van der Waals surface area contributed by atoms with Crippen LogP contribution in [0.3, 0.4) is 0 Å². The summed E-state index contributed by atoms with van der Waals surface area (Å²) in [5.74, 6) is 0. The zero-order chi connectivity index (χ0) is 10.0. The van der Waals surface area contributed by atoms with Crippen molar-refractivity contribution in [2.24, 2.45) is 5.11 Å². The van der Waals surface area contributed by atoms with Crippen LogP contribution in [0, 0.1) is 0 Å². The molecular formula is C6H11N3O3S. The van der Waals surface area contributed by atoms with Crippen LogP contribution in [0.15, 0.2) is 5.11 Å². The van der Waals surface area contributed by atoms with Gasteiger partial charge in [0.05, 0.1) is 18.2 Å². The Kier molecular flexibility index (Phi) is 3.40. The van der Waals surface area contributed by atoms with Gasteiger partial charge in [0.1, 0.15) is 6.10 Å². The first-order valence-electron chi connectivity index (χ1n) is 3.74. The molecule has 0 radical (unpaired) electrons. The molecule has 0 aromatic carbocycles. The van der Waals surface area contributed by atoms with Gasteiger partial charge >= 0.3 is 0 Å². The first-order valence-corrected chi connectivity index (χ1v) is 5.03. The molecule has 0 unspecified atom stereocenters. The van der Waals surface area contributed by atoms with Gasteiger partial charge < -0.3 is 15.3 Å². The van der Waals surface area contributed by atoms with Crippen LogP contribution in [0.1, 0.15) is 0 Å². The monoisotopic (exact) mass is 205 g/mol. The SMILES string of the molecule is CS[C@@H]1[C@H](O)[C@H](O)[C@H](O)[C@H]1N=[N+]=[N-]. The van der Waals surface area contributed by atoms with Crippen molar-refractivity contribution >= 4 is 11.8 Å². The Hall–Kier alpha value is -0.460. The van der Waals surface area contributed by atoms with Crippen LogP contribution in [0.25, 0.3) is 10.4 Å². The second kappa shape index (κ2) is 4.17. The van der Waals surface area contributed by atoms with Crippen molar-refractivity contribution in [3.63, 3.8) is 0 Å². The number of aliphatic hydroxyl groups excluding tert-OH is 3. The normalized spacial score (nSPS) is 44.5. The fraction of sp³-hybridized carbons (Fsp3) is 1.00. The number of hydrogen-bond acceptors (Lipinski definition) is 5. The highest BCUT2D eigenvalue weighted by Gasteiger charge is 2.48. The second-order valence-corrected chi connectivity index (χ2v) is 3.88. The highest BCUT2D eigenvalue weighted by molar-refractivity contribution is 7.99. The minimum Gasteiger partial charge on any atom is -0.390 e. The predicted molar refractivity (Wildman–Crippen MR) is 48.3 cm³/mol. The molecule has 1 aliphatic carbocycles. The average molecular weight is 205 g/mol. The number of aliphatic hydroxyl groups is 3. The Bertz CT molecular complexity index is 233. The molecule has 1 rings (SSSR count). The fourth-order valence-electron chi connectivity index (χ4n) is 1.47. The van der Waals surface area contributed by atoms with E-state index in [9.17, 15) is 15.3 Å². The maximum absolute atomic E-state index is 9.41. The van der Waals surface area contributed by atoms with Crippen molar-refractivity contribution in [3.05, 3.63) is 10.4 Å². The molecule has 7 heteroatoms. The quantitative estimate of drug-likeness (QED) is 0.320. The first kappa shape index (κ1) is 10.6. The van der Waals surface area contributed by atoms with Crippen LogP contribution in [0.5, 0.6) is 0 Å². The Morgan fingerprint density at radius 3 is 2.31 bits per heavy atom. The molecule has 0 aliphatic heterocycles. The molecule has 1 fully saturated rings. The second-order valence-electron chi connectivity index (χ2n) is 2.87. The summed E-state index contributed by atoms with van der Waals surface area (Å²) in [6.45, 7) is 0. The van der Waals surface area contributed by atoms with E-state index in [4.69, 9.17) is 5.53 Å². The Morgan fingerprint density at radius 2 is 1.85 bits per heavy atom. The molecule has 0 aromatic heterocycles. The lowest BCUT2D eigenvalue weighted by Crippen LogP contribution is -2.31. The minimum atomic E-state index is -1.23. The van der Waals surface area contributed by atoms with E-state index in [-0.39, 0.29) is 0 Å². The highest BCUT2D eigenvalue weighted by atomic mass is 32.2. The zero-order valence-corrected chi connectivity index (χ0v) is 7.79. The standard InChI is InChI=1S/C6H11N3O3S/c1-13-6-2(8-9-7)3(10)4(11)5(6)12/h2-6,10-12H,1H3/t2-,3-,4-,5-,6+/m1/s1. The van der Waals surface area contributed by atoms with E-state index in [1.165, 1.54) is 11.8 Å². The average Bonchev–Trinajstić information content (AvgIpc) is 2.32. The molecule has 0 amide bonds. The Balaban J connectivity index is 2.86. The van der Waals surface area contributed by atoms with Gasteiger partial charge in [-0.1, -0.05) is 5.11 Å². The van der Waals surface area contributed by atoms with Crippen LogP contribution in [0.4, 0.5) is 0 Å². The van der Waals surface area contributed by atoms with E-state index >= 15 is 0 Å². The van der Waals surface area contributed by atoms with Crippen molar-refractivity contribution < 1.29 is 15.3 Å². The van der Waals surface area contributed by atoms with Crippen molar-refractivity contribution in [3.8, 4) is 0 Å². The molecule has 13 heavy (non-hydrogen) atoms. The zero-order valence-electron chi connectivity index (χ0n) is 6.98. The molecule has 1 saturated carbocycles. The molecule has 0 heterocycles. The summed E-state index contributed by atoms with van der Waals surface area (Å²) in [5, 5.41) is 31.0. The first-order chi connectivity index (χ1) is 6.13. The predicted octanol–water partition coefficient (Wildman–Crippen LogP) is -0.507.